The minimum absolute atomic E-state index is 0. The molecule has 0 bridgehead atoms. The molecule has 133 valence electrons. The quantitative estimate of drug-likeness (QED) is 0.498. The van der Waals surface area contributed by atoms with E-state index in [0.717, 1.165) is 0 Å². The van der Waals surface area contributed by atoms with Crippen LogP contribution in [0, 0.1) is 0 Å². The zero-order valence-corrected chi connectivity index (χ0v) is 16.5. The van der Waals surface area contributed by atoms with Crippen LogP contribution in [0.15, 0.2) is 34.3 Å². The average molecular weight is 463 g/mol. The summed E-state index contributed by atoms with van der Waals surface area (Å²) < 4.78 is 0. The molecule has 2 rings (SSSR count). The third-order valence-corrected chi connectivity index (χ3v) is 3.89. The van der Waals surface area contributed by atoms with Gasteiger partial charge >= 0.3 is 16.8 Å². The third-order valence-electron chi connectivity index (χ3n) is 2.89. The van der Waals surface area contributed by atoms with Crippen LogP contribution in [-0.2, 0) is 16.8 Å². The number of rotatable bonds is 5. The number of hydrogen-bond donors (Lipinski definition) is 0. The Balaban J connectivity index is 0.00000312. The fourth-order valence-corrected chi connectivity index (χ4v) is 2.81. The summed E-state index contributed by atoms with van der Waals surface area (Å²) in [5.41, 5.74) is 0.611. The first-order valence-corrected chi connectivity index (χ1v) is 8.21. The maximum absolute atomic E-state index is 11.8. The Bertz CT molecular complexity index is 746. The molecule has 0 heterocycles. The van der Waals surface area contributed by atoms with Gasteiger partial charge in [0.15, 0.2) is 0 Å². The first-order chi connectivity index (χ1) is 11.4. The van der Waals surface area contributed by atoms with Crippen LogP contribution in [0.5, 0.6) is 11.5 Å². The molecule has 0 saturated heterocycles. The normalized spacial score (nSPS) is 11.2. The van der Waals surface area contributed by atoms with Crippen molar-refractivity contribution in [2.75, 3.05) is 13.1 Å². The van der Waals surface area contributed by atoms with E-state index in [1.807, 2.05) is 0 Å². The minimum Gasteiger partial charge on any atom is -0.871 e. The van der Waals surface area contributed by atoms with E-state index in [0.29, 0.717) is 34.3 Å². The van der Waals surface area contributed by atoms with Crippen LogP contribution in [0.2, 0.25) is 20.1 Å². The molecule has 9 heteroatoms. The maximum Gasteiger partial charge on any atom is 2.00 e. The van der Waals surface area contributed by atoms with Crippen molar-refractivity contribution < 1.29 is 27.0 Å². The van der Waals surface area contributed by atoms with Crippen LogP contribution in [0.25, 0.3) is 0 Å². The van der Waals surface area contributed by atoms with E-state index >= 15 is 0 Å². The van der Waals surface area contributed by atoms with Crippen molar-refractivity contribution in [1.29, 1.82) is 0 Å². The fraction of sp³-hybridized carbons (Fsp3) is 0.125. The molecular formula is C16H10Cl4CoN2O2. The van der Waals surface area contributed by atoms with Crippen molar-refractivity contribution in [3.8, 4) is 11.5 Å². The Labute approximate surface area is 175 Å². The second-order valence-corrected chi connectivity index (χ2v) is 6.37. The first kappa shape index (κ1) is 22.1. The molecule has 2 aromatic rings. The zero-order valence-electron chi connectivity index (χ0n) is 12.4. The van der Waals surface area contributed by atoms with Gasteiger partial charge in [-0.05, 0) is 35.4 Å². The summed E-state index contributed by atoms with van der Waals surface area (Å²) in [6, 6.07) is 5.73. The molecule has 4 nitrogen and oxygen atoms in total. The van der Waals surface area contributed by atoms with Crippen LogP contribution in [0.4, 0.5) is 0 Å². The van der Waals surface area contributed by atoms with Crippen LogP contribution in [0.3, 0.4) is 0 Å². The standard InChI is InChI=1S/C16H12Cl4N2O2.Co/c17-11-3-9(15(23)13(19)5-11)7-21-1-2-22-8-10-4-12(18)6-14(20)16(10)24;/h3-8,23-24H,1-2H2;/q;+2/p-2. The number of halogens is 4. The molecule has 0 fully saturated rings. The Hall–Kier alpha value is -0.954. The van der Waals surface area contributed by atoms with E-state index in [9.17, 15) is 10.2 Å². The number of hydrogen-bond acceptors (Lipinski definition) is 4. The molecule has 0 saturated carbocycles. The van der Waals surface area contributed by atoms with Crippen molar-refractivity contribution in [2.45, 2.75) is 0 Å². The molecule has 1 radical (unpaired) electrons. The molecule has 0 N–H and O–H groups in total. The summed E-state index contributed by atoms with van der Waals surface area (Å²) in [6.45, 7) is 0.644. The topological polar surface area (TPSA) is 70.8 Å². The molecule has 0 atom stereocenters. The molecule has 0 aliphatic rings. The van der Waals surface area contributed by atoms with Crippen molar-refractivity contribution in [1.82, 2.24) is 0 Å². The smallest absolute Gasteiger partial charge is 0.871 e. The van der Waals surface area contributed by atoms with Gasteiger partial charge in [-0.2, -0.15) is 0 Å². The summed E-state index contributed by atoms with van der Waals surface area (Å²) in [5, 5.41) is 24.3. The summed E-state index contributed by atoms with van der Waals surface area (Å²) in [5.74, 6) is -0.671. The Kier molecular flexibility index (Phi) is 9.06. The van der Waals surface area contributed by atoms with Crippen molar-refractivity contribution in [2.24, 2.45) is 9.98 Å². The SMILES string of the molecule is [Co+2].[O-]c1c(Cl)cc(Cl)cc1C=NCCN=Cc1cc(Cl)cc(Cl)c1[O-]. The third kappa shape index (κ3) is 6.37. The van der Waals surface area contributed by atoms with Crippen LogP contribution in [0.1, 0.15) is 11.1 Å². The molecule has 2 aromatic carbocycles. The Morgan fingerprint density at radius 3 is 1.44 bits per heavy atom. The van der Waals surface area contributed by atoms with Gasteiger partial charge in [-0.15, -0.1) is 0 Å². The maximum atomic E-state index is 11.8. The second-order valence-electron chi connectivity index (χ2n) is 4.68. The van der Waals surface area contributed by atoms with E-state index in [2.05, 4.69) is 9.98 Å². The number of benzene rings is 2. The molecule has 0 aliphatic heterocycles. The largest absolute Gasteiger partial charge is 2.00 e. The summed E-state index contributed by atoms with van der Waals surface area (Å²) >= 11 is 23.2. The van der Waals surface area contributed by atoms with Crippen molar-refractivity contribution in [3.63, 3.8) is 0 Å². The average Bonchev–Trinajstić information content (AvgIpc) is 2.51. The van der Waals surface area contributed by atoms with Gasteiger partial charge < -0.3 is 10.2 Å². The molecule has 0 spiro atoms. The Morgan fingerprint density at radius 2 is 1.08 bits per heavy atom. The van der Waals surface area contributed by atoms with Gasteiger partial charge in [-0.25, -0.2) is 0 Å². The summed E-state index contributed by atoms with van der Waals surface area (Å²) in [6.07, 6.45) is 2.79. The monoisotopic (exact) mass is 461 g/mol. The second kappa shape index (κ2) is 10.3. The Morgan fingerprint density at radius 1 is 0.720 bits per heavy atom. The van der Waals surface area contributed by atoms with Gasteiger partial charge in [0, 0.05) is 32.5 Å². The van der Waals surface area contributed by atoms with E-state index in [1.54, 1.807) is 0 Å². The van der Waals surface area contributed by atoms with Gasteiger partial charge in [0.1, 0.15) is 0 Å². The van der Waals surface area contributed by atoms with Crippen molar-refractivity contribution in [3.05, 3.63) is 55.5 Å². The minimum atomic E-state index is -0.335. The molecule has 0 amide bonds. The predicted octanol–water partition coefficient (Wildman–Crippen LogP) is 3.98. The number of aliphatic imine (C=N–C) groups is 2. The molecule has 0 unspecified atom stereocenters. The van der Waals surface area contributed by atoms with E-state index in [1.165, 1.54) is 36.7 Å². The summed E-state index contributed by atoms with van der Waals surface area (Å²) in [4.78, 5) is 8.17. The molecule has 0 aromatic heterocycles. The van der Waals surface area contributed by atoms with E-state index < -0.39 is 0 Å². The van der Waals surface area contributed by atoms with Gasteiger partial charge in [0.2, 0.25) is 0 Å². The van der Waals surface area contributed by atoms with Crippen molar-refractivity contribution >= 4 is 58.8 Å². The van der Waals surface area contributed by atoms with Crippen LogP contribution < -0.4 is 10.2 Å². The van der Waals surface area contributed by atoms with Crippen LogP contribution >= 0.6 is 46.4 Å². The fourth-order valence-electron chi connectivity index (χ4n) is 1.79. The first-order valence-electron chi connectivity index (χ1n) is 6.70. The predicted molar refractivity (Wildman–Crippen MR) is 96.7 cm³/mol. The van der Waals surface area contributed by atoms with Gasteiger partial charge in [-0.3, -0.25) is 9.98 Å². The molecule has 0 aliphatic carbocycles. The van der Waals surface area contributed by atoms with Crippen LogP contribution in [-0.4, -0.2) is 25.5 Å². The molecular weight excluding hydrogens is 453 g/mol. The molecule has 25 heavy (non-hydrogen) atoms. The van der Waals surface area contributed by atoms with E-state index in [-0.39, 0.29) is 38.3 Å². The summed E-state index contributed by atoms with van der Waals surface area (Å²) in [7, 11) is 0. The zero-order chi connectivity index (χ0) is 17.7. The van der Waals surface area contributed by atoms with Gasteiger partial charge in [-0.1, -0.05) is 57.9 Å². The van der Waals surface area contributed by atoms with E-state index in [4.69, 9.17) is 46.4 Å². The van der Waals surface area contributed by atoms with Gasteiger partial charge in [0.25, 0.3) is 0 Å². The van der Waals surface area contributed by atoms with Gasteiger partial charge in [0.05, 0.1) is 13.1 Å². The number of nitrogens with zero attached hydrogens (tertiary/aromatic N) is 2.